The van der Waals surface area contributed by atoms with Crippen molar-refractivity contribution >= 4 is 0 Å². The van der Waals surface area contributed by atoms with Gasteiger partial charge in [-0.25, -0.2) is 0 Å². The van der Waals surface area contributed by atoms with Crippen LogP contribution in [0, 0.1) is 5.92 Å². The van der Waals surface area contributed by atoms with Crippen LogP contribution in [0.5, 0.6) is 0 Å². The first-order valence-electron chi connectivity index (χ1n) is 5.66. The molecule has 0 spiro atoms. The van der Waals surface area contributed by atoms with Crippen LogP contribution in [0.1, 0.15) is 25.7 Å². The molecule has 76 valence electrons. The van der Waals surface area contributed by atoms with Gasteiger partial charge in [-0.05, 0) is 32.9 Å². The number of nitrogens with zero attached hydrogens (tertiary/aromatic N) is 2. The summed E-state index contributed by atoms with van der Waals surface area (Å²) in [6.45, 7) is 3.80. The molecule has 1 atom stereocenters. The van der Waals surface area contributed by atoms with Crippen LogP contribution >= 0.6 is 0 Å². The Balaban J connectivity index is 1.94. The van der Waals surface area contributed by atoms with E-state index in [1.165, 1.54) is 45.3 Å². The molecule has 2 rings (SSSR count). The molecular formula is C11H22N2. The Morgan fingerprint density at radius 3 is 2.38 bits per heavy atom. The van der Waals surface area contributed by atoms with Crippen LogP contribution in [0.25, 0.3) is 0 Å². The molecule has 1 heterocycles. The van der Waals surface area contributed by atoms with Crippen LogP contribution in [0.4, 0.5) is 0 Å². The van der Waals surface area contributed by atoms with Gasteiger partial charge in [-0.15, -0.1) is 0 Å². The predicted molar refractivity (Wildman–Crippen MR) is 55.9 cm³/mol. The Morgan fingerprint density at radius 1 is 1.00 bits per heavy atom. The second kappa shape index (κ2) is 3.97. The monoisotopic (exact) mass is 182 g/mol. The number of hydrogen-bond donors (Lipinski definition) is 0. The van der Waals surface area contributed by atoms with Gasteiger partial charge in [0.25, 0.3) is 0 Å². The lowest BCUT2D eigenvalue weighted by molar-refractivity contribution is 0.0769. The van der Waals surface area contributed by atoms with E-state index < -0.39 is 0 Å². The van der Waals surface area contributed by atoms with Gasteiger partial charge in [0, 0.05) is 25.7 Å². The maximum absolute atomic E-state index is 2.58. The normalized spacial score (nSPS) is 34.2. The van der Waals surface area contributed by atoms with Crippen molar-refractivity contribution in [3.05, 3.63) is 0 Å². The van der Waals surface area contributed by atoms with Crippen molar-refractivity contribution in [1.29, 1.82) is 0 Å². The molecule has 0 N–H and O–H groups in total. The highest BCUT2D eigenvalue weighted by molar-refractivity contribution is 4.86. The Hall–Kier alpha value is -0.0800. The standard InChI is InChI=1S/C11H22N2/c1-12-7-8-13(2)11(9-12)10-5-3-4-6-10/h10-11H,3-9H2,1-2H3. The van der Waals surface area contributed by atoms with Gasteiger partial charge < -0.3 is 9.80 Å². The fraction of sp³-hybridized carbons (Fsp3) is 1.00. The molecule has 0 aromatic heterocycles. The zero-order valence-electron chi connectivity index (χ0n) is 9.00. The largest absolute Gasteiger partial charge is 0.304 e. The van der Waals surface area contributed by atoms with Crippen molar-refractivity contribution < 1.29 is 0 Å². The molecule has 2 nitrogen and oxygen atoms in total. The summed E-state index contributed by atoms with van der Waals surface area (Å²) in [4.78, 5) is 5.07. The van der Waals surface area contributed by atoms with E-state index in [1.807, 2.05) is 0 Å². The van der Waals surface area contributed by atoms with Gasteiger partial charge >= 0.3 is 0 Å². The molecule has 0 radical (unpaired) electrons. The summed E-state index contributed by atoms with van der Waals surface area (Å²) in [5.41, 5.74) is 0. The van der Waals surface area contributed by atoms with Crippen LogP contribution in [0.2, 0.25) is 0 Å². The highest BCUT2D eigenvalue weighted by atomic mass is 15.3. The molecule has 2 aliphatic rings. The van der Waals surface area contributed by atoms with E-state index in [2.05, 4.69) is 23.9 Å². The molecule has 0 aromatic carbocycles. The van der Waals surface area contributed by atoms with Gasteiger partial charge in [0.15, 0.2) is 0 Å². The maximum atomic E-state index is 2.58. The van der Waals surface area contributed by atoms with Crippen LogP contribution in [0.3, 0.4) is 0 Å². The summed E-state index contributed by atoms with van der Waals surface area (Å²) in [5, 5.41) is 0. The van der Waals surface area contributed by atoms with Crippen molar-refractivity contribution in [1.82, 2.24) is 9.80 Å². The Morgan fingerprint density at radius 2 is 1.69 bits per heavy atom. The lowest BCUT2D eigenvalue weighted by Crippen LogP contribution is -2.52. The second-order valence-corrected chi connectivity index (χ2v) is 4.85. The van der Waals surface area contributed by atoms with E-state index in [9.17, 15) is 0 Å². The van der Waals surface area contributed by atoms with E-state index in [0.29, 0.717) is 0 Å². The molecule has 13 heavy (non-hydrogen) atoms. The second-order valence-electron chi connectivity index (χ2n) is 4.85. The van der Waals surface area contributed by atoms with E-state index in [-0.39, 0.29) is 0 Å². The van der Waals surface area contributed by atoms with Gasteiger partial charge in [-0.2, -0.15) is 0 Å². The first-order valence-corrected chi connectivity index (χ1v) is 5.66. The number of likely N-dealkylation sites (N-methyl/N-ethyl adjacent to an activating group) is 2. The van der Waals surface area contributed by atoms with Gasteiger partial charge in [-0.1, -0.05) is 12.8 Å². The molecule has 0 bridgehead atoms. The third-order valence-corrected chi connectivity index (χ3v) is 3.84. The zero-order valence-corrected chi connectivity index (χ0v) is 9.00. The lowest BCUT2D eigenvalue weighted by atomic mass is 9.95. The molecule has 1 aliphatic heterocycles. The maximum Gasteiger partial charge on any atom is 0.0248 e. The molecule has 0 amide bonds. The van der Waals surface area contributed by atoms with Crippen LogP contribution < -0.4 is 0 Å². The summed E-state index contributed by atoms with van der Waals surface area (Å²) in [7, 11) is 4.56. The van der Waals surface area contributed by atoms with Gasteiger partial charge in [-0.3, -0.25) is 0 Å². The molecular weight excluding hydrogens is 160 g/mol. The minimum atomic E-state index is 0.848. The summed E-state index contributed by atoms with van der Waals surface area (Å²) in [6.07, 6.45) is 5.89. The number of rotatable bonds is 1. The Kier molecular flexibility index (Phi) is 2.89. The Labute approximate surface area is 81.9 Å². The van der Waals surface area contributed by atoms with Crippen molar-refractivity contribution in [2.75, 3.05) is 33.7 Å². The van der Waals surface area contributed by atoms with E-state index >= 15 is 0 Å². The van der Waals surface area contributed by atoms with Crippen molar-refractivity contribution in [2.45, 2.75) is 31.7 Å². The van der Waals surface area contributed by atoms with Gasteiger partial charge in [0.2, 0.25) is 0 Å². The van der Waals surface area contributed by atoms with Crippen molar-refractivity contribution in [2.24, 2.45) is 5.92 Å². The summed E-state index contributed by atoms with van der Waals surface area (Å²) in [6, 6.07) is 0.848. The third kappa shape index (κ3) is 2.05. The Bertz CT molecular complexity index is 163. The highest BCUT2D eigenvalue weighted by Gasteiger charge is 2.31. The lowest BCUT2D eigenvalue weighted by Gasteiger charge is -2.40. The quantitative estimate of drug-likeness (QED) is 0.605. The van der Waals surface area contributed by atoms with Crippen LogP contribution in [-0.2, 0) is 0 Å². The number of piperazine rings is 1. The van der Waals surface area contributed by atoms with Crippen LogP contribution in [-0.4, -0.2) is 49.6 Å². The SMILES string of the molecule is CN1CCN(C)C(C2CCCC2)C1. The van der Waals surface area contributed by atoms with Crippen molar-refractivity contribution in [3.8, 4) is 0 Å². The van der Waals surface area contributed by atoms with E-state index in [4.69, 9.17) is 0 Å². The fourth-order valence-corrected chi connectivity index (χ4v) is 2.90. The highest BCUT2D eigenvalue weighted by Crippen LogP contribution is 2.31. The first-order chi connectivity index (χ1) is 6.27. The predicted octanol–water partition coefficient (Wildman–Crippen LogP) is 1.42. The van der Waals surface area contributed by atoms with Gasteiger partial charge in [0.05, 0.1) is 0 Å². The molecule has 1 saturated carbocycles. The summed E-state index contributed by atoms with van der Waals surface area (Å²) < 4.78 is 0. The molecule has 2 heteroatoms. The molecule has 1 saturated heterocycles. The minimum absolute atomic E-state index is 0.848. The topological polar surface area (TPSA) is 6.48 Å². The summed E-state index contributed by atoms with van der Waals surface area (Å²) >= 11 is 0. The third-order valence-electron chi connectivity index (χ3n) is 3.84. The molecule has 0 aromatic rings. The fourth-order valence-electron chi connectivity index (χ4n) is 2.90. The smallest absolute Gasteiger partial charge is 0.0248 e. The molecule has 1 unspecified atom stereocenters. The van der Waals surface area contributed by atoms with Crippen molar-refractivity contribution in [3.63, 3.8) is 0 Å². The molecule has 2 fully saturated rings. The first kappa shape index (κ1) is 9.47. The number of hydrogen-bond acceptors (Lipinski definition) is 2. The van der Waals surface area contributed by atoms with E-state index in [0.717, 1.165) is 12.0 Å². The molecule has 1 aliphatic carbocycles. The average molecular weight is 182 g/mol. The minimum Gasteiger partial charge on any atom is -0.304 e. The zero-order chi connectivity index (χ0) is 9.26. The average Bonchev–Trinajstić information content (AvgIpc) is 2.61. The summed E-state index contributed by atoms with van der Waals surface area (Å²) in [5.74, 6) is 0.993. The van der Waals surface area contributed by atoms with E-state index in [1.54, 1.807) is 0 Å². The van der Waals surface area contributed by atoms with Gasteiger partial charge in [0.1, 0.15) is 0 Å². The van der Waals surface area contributed by atoms with Crippen LogP contribution in [0.15, 0.2) is 0 Å².